The summed E-state index contributed by atoms with van der Waals surface area (Å²) in [4.78, 5) is 95.0. The quantitative estimate of drug-likeness (QED) is 0.0481. The normalized spacial score (nSPS) is 15.2. The molecule has 18 nitrogen and oxygen atoms in total. The van der Waals surface area contributed by atoms with Gasteiger partial charge in [0.1, 0.15) is 59.3 Å². The van der Waals surface area contributed by atoms with Crippen molar-refractivity contribution in [3.05, 3.63) is 149 Å². The monoisotopic (exact) mass is 1170 g/mol. The van der Waals surface area contributed by atoms with E-state index < -0.39 is 0 Å². The number of ketones is 4. The van der Waals surface area contributed by atoms with E-state index in [2.05, 4.69) is 89.7 Å². The Hall–Kier alpha value is -8.41. The summed E-state index contributed by atoms with van der Waals surface area (Å²) >= 11 is 0. The van der Waals surface area contributed by atoms with E-state index in [0.29, 0.717) is 55.4 Å². The fourth-order valence-electron chi connectivity index (χ4n) is 11.7. The average molecular weight is 1170 g/mol. The highest BCUT2D eigenvalue weighted by atomic mass is 16.1. The average Bonchev–Trinajstić information content (AvgIpc) is 3.79. The van der Waals surface area contributed by atoms with Gasteiger partial charge in [-0.25, -0.2) is 34.9 Å². The number of imidazole rings is 1. The predicted octanol–water partition coefficient (Wildman–Crippen LogP) is 12.4. The second-order valence-corrected chi connectivity index (χ2v) is 24.2. The van der Waals surface area contributed by atoms with E-state index in [9.17, 15) is 19.2 Å². The minimum absolute atomic E-state index is 0. The van der Waals surface area contributed by atoms with Gasteiger partial charge in [-0.1, -0.05) is 70.9 Å². The van der Waals surface area contributed by atoms with Crippen LogP contribution in [0.1, 0.15) is 183 Å². The van der Waals surface area contributed by atoms with E-state index in [4.69, 9.17) is 0 Å². The van der Waals surface area contributed by atoms with Crippen molar-refractivity contribution in [2.24, 2.45) is 22.7 Å². The third-order valence-corrected chi connectivity index (χ3v) is 17.0. The number of aromatic amines is 2. The van der Waals surface area contributed by atoms with Crippen molar-refractivity contribution < 1.29 is 19.2 Å². The molecule has 1 aliphatic heterocycles. The summed E-state index contributed by atoms with van der Waals surface area (Å²) in [6.45, 7) is 11.6. The highest BCUT2D eigenvalue weighted by molar-refractivity contribution is 5.99. The molecule has 4 saturated carbocycles. The molecule has 0 amide bonds. The maximum Gasteiger partial charge on any atom is 0.185 e. The number of H-pyrrole nitrogens is 2. The van der Waals surface area contributed by atoms with Gasteiger partial charge in [0, 0.05) is 106 Å². The van der Waals surface area contributed by atoms with Gasteiger partial charge in [0.15, 0.2) is 17.3 Å². The smallest absolute Gasteiger partial charge is 0.185 e. The molecule has 18 heteroatoms. The van der Waals surface area contributed by atoms with E-state index in [-0.39, 0.29) is 37.0 Å². The molecule has 0 atom stereocenters. The number of benzene rings is 3. The van der Waals surface area contributed by atoms with Crippen LogP contribution < -0.4 is 14.7 Å². The van der Waals surface area contributed by atoms with Gasteiger partial charge in [-0.2, -0.15) is 5.10 Å². The summed E-state index contributed by atoms with van der Waals surface area (Å²) in [6.07, 6.45) is 26.5. The lowest BCUT2D eigenvalue weighted by molar-refractivity contribution is -0.117. The van der Waals surface area contributed by atoms with Crippen LogP contribution in [0.4, 0.5) is 17.5 Å². The third-order valence-electron chi connectivity index (χ3n) is 17.0. The number of nitrogens with one attached hydrogen (secondary N) is 2. The van der Waals surface area contributed by atoms with Crippen LogP contribution in [-0.4, -0.2) is 118 Å². The van der Waals surface area contributed by atoms with Crippen LogP contribution in [0.3, 0.4) is 0 Å². The molecule has 5 aliphatic rings. The van der Waals surface area contributed by atoms with Gasteiger partial charge in [-0.05, 0) is 142 Å². The SMILES string of the molecule is C.CCCN(CC1CC1)c1cc(C(=O)Cc2ccc3n[nH]c(CCC(C)=O)c3c2)ncn1.CCCN(CC1CC1)c1cc(C(=O)Cc2ccc3nc[nH]c3c2)ncn1.O=C(Cc1cccc2c1C=NC2)c1cc(N(CC2CC2)C2CCCCC2)ncn1. The minimum atomic E-state index is -0.0281. The number of rotatable bonds is 26. The van der Waals surface area contributed by atoms with Crippen LogP contribution in [0, 0.1) is 17.8 Å². The molecule has 87 heavy (non-hydrogen) atoms. The molecule has 454 valence electrons. The molecule has 6 heterocycles. The molecule has 4 aliphatic carbocycles. The lowest BCUT2D eigenvalue weighted by atomic mass is 9.94. The Morgan fingerprint density at radius 2 is 1.15 bits per heavy atom. The van der Waals surface area contributed by atoms with E-state index in [1.54, 1.807) is 19.6 Å². The number of aliphatic imine (C=N–C) groups is 1. The molecule has 5 aromatic heterocycles. The molecule has 0 spiro atoms. The van der Waals surface area contributed by atoms with Crippen molar-refractivity contribution in [1.82, 2.24) is 50.1 Å². The van der Waals surface area contributed by atoms with E-state index in [1.165, 1.54) is 88.8 Å². The Labute approximate surface area is 511 Å². The van der Waals surface area contributed by atoms with Crippen LogP contribution >= 0.6 is 0 Å². The molecular formula is C69H84N14O4. The Kier molecular flexibility index (Phi) is 20.8. The van der Waals surface area contributed by atoms with Crippen LogP contribution in [0.25, 0.3) is 21.9 Å². The number of aryl methyl sites for hydroxylation is 1. The summed E-state index contributed by atoms with van der Waals surface area (Å²) in [5, 5.41) is 8.29. The van der Waals surface area contributed by atoms with Gasteiger partial charge in [-0.3, -0.25) is 24.5 Å². The first-order valence-corrected chi connectivity index (χ1v) is 31.3. The highest BCUT2D eigenvalue weighted by Gasteiger charge is 2.31. The van der Waals surface area contributed by atoms with E-state index in [0.717, 1.165) is 131 Å². The molecule has 8 aromatic rings. The summed E-state index contributed by atoms with van der Waals surface area (Å²) in [6, 6.07) is 23.9. The zero-order chi connectivity index (χ0) is 59.4. The number of hydrogen-bond acceptors (Lipinski definition) is 16. The van der Waals surface area contributed by atoms with Gasteiger partial charge >= 0.3 is 0 Å². The van der Waals surface area contributed by atoms with Crippen molar-refractivity contribution in [3.8, 4) is 0 Å². The lowest BCUT2D eigenvalue weighted by Crippen LogP contribution is -2.39. The summed E-state index contributed by atoms with van der Waals surface area (Å²) < 4.78 is 0. The zero-order valence-electron chi connectivity index (χ0n) is 50.1. The first-order chi connectivity index (χ1) is 42.0. The Bertz CT molecular complexity index is 3690. The second kappa shape index (κ2) is 29.3. The van der Waals surface area contributed by atoms with Crippen LogP contribution in [0.15, 0.2) is 103 Å². The highest BCUT2D eigenvalue weighted by Crippen LogP contribution is 2.36. The number of aromatic nitrogens is 10. The molecule has 0 saturated heterocycles. The van der Waals surface area contributed by atoms with Crippen molar-refractivity contribution in [3.63, 3.8) is 0 Å². The number of Topliss-reactive ketones (excluding diaryl/α,β-unsaturated/α-hetero) is 4. The van der Waals surface area contributed by atoms with Gasteiger partial charge in [0.05, 0.1) is 29.4 Å². The molecule has 0 unspecified atom stereocenters. The van der Waals surface area contributed by atoms with Crippen LogP contribution in [-0.2, 0) is 37.0 Å². The largest absolute Gasteiger partial charge is 0.356 e. The summed E-state index contributed by atoms with van der Waals surface area (Å²) in [5.41, 5.74) is 10.3. The minimum Gasteiger partial charge on any atom is -0.356 e. The lowest BCUT2D eigenvalue weighted by Gasteiger charge is -2.35. The fraction of sp³-hybridized carbons (Fsp3) is 0.464. The van der Waals surface area contributed by atoms with Crippen molar-refractivity contribution in [2.45, 2.75) is 156 Å². The van der Waals surface area contributed by atoms with E-state index in [1.807, 2.05) is 72.9 Å². The van der Waals surface area contributed by atoms with E-state index >= 15 is 0 Å². The predicted molar refractivity (Wildman–Crippen MR) is 343 cm³/mol. The van der Waals surface area contributed by atoms with Gasteiger partial charge in [0.25, 0.3) is 0 Å². The Morgan fingerprint density at radius 3 is 1.75 bits per heavy atom. The molecule has 3 aromatic carbocycles. The molecule has 4 fully saturated rings. The van der Waals surface area contributed by atoms with Gasteiger partial charge in [-0.15, -0.1) is 0 Å². The number of anilines is 3. The van der Waals surface area contributed by atoms with Crippen molar-refractivity contribution in [1.29, 1.82) is 0 Å². The molecule has 0 radical (unpaired) electrons. The Balaban J connectivity index is 0.000000144. The first kappa shape index (κ1) is 61.7. The topological polar surface area (TPSA) is 225 Å². The van der Waals surface area contributed by atoms with Crippen molar-refractivity contribution >= 4 is 68.7 Å². The first-order valence-electron chi connectivity index (χ1n) is 31.3. The number of fused-ring (bicyclic) bond motifs is 3. The fourth-order valence-corrected chi connectivity index (χ4v) is 11.7. The molecular weight excluding hydrogens is 1090 g/mol. The number of carbonyl (C=O) groups is 4. The van der Waals surface area contributed by atoms with Gasteiger partial charge < -0.3 is 24.5 Å². The number of hydrogen-bond donors (Lipinski definition) is 2. The van der Waals surface area contributed by atoms with Gasteiger partial charge in [0.2, 0.25) is 0 Å². The van der Waals surface area contributed by atoms with Crippen molar-refractivity contribution in [2.75, 3.05) is 47.4 Å². The molecule has 0 bridgehead atoms. The summed E-state index contributed by atoms with van der Waals surface area (Å²) in [7, 11) is 0. The molecule has 2 N–H and O–H groups in total. The zero-order valence-corrected chi connectivity index (χ0v) is 50.1. The maximum absolute atomic E-state index is 13.0. The number of nitrogens with zero attached hydrogens (tertiary/aromatic N) is 12. The maximum atomic E-state index is 13.0. The summed E-state index contributed by atoms with van der Waals surface area (Å²) in [5.74, 6) is 5.13. The molecule has 13 rings (SSSR count). The third kappa shape index (κ3) is 16.8. The second-order valence-electron chi connectivity index (χ2n) is 24.2. The van der Waals surface area contributed by atoms with Crippen LogP contribution in [0.5, 0.6) is 0 Å². The van der Waals surface area contributed by atoms with Crippen LogP contribution in [0.2, 0.25) is 0 Å². The standard InChI is InChI=1S/C24H29N5O2.C24H28N4O.C20H23N5O.CH4/c1-3-10-29(14-17-5-6-17)24-13-22(25-15-26-24)23(31)12-18-7-9-21-19(11-18)20(27-28-21)8-4-16(2)30;29-23(11-18-5-4-6-19-13-25-14-21(18)19)22-12-24(27-16-26-22)28(15-17-9-10-17)20-7-2-1-3-8-20;1-2-7-25(11-14-3-4-14)20-10-18(23-13-24-20)19(26)9-15-5-6-16-17(8-15)22-12-21-16;/h7,9,11,13,15,17H,3-6,8,10,12,14H2,1-2H3,(H,27,28);4-6,12,14,16-17,20H,1-3,7-11,13,15H2;5-6,8,10,12-14H,2-4,7,9,11H2,1H3,(H,21,22);1H4. The number of carbonyl (C=O) groups excluding carboxylic acids is 4. The Morgan fingerprint density at radius 1 is 0.586 bits per heavy atom.